The lowest BCUT2D eigenvalue weighted by atomic mass is 10.2. The molecular weight excluding hydrogens is 318 g/mol. The molecule has 0 aliphatic heterocycles. The monoisotopic (exact) mass is 333 g/mol. The number of benzene rings is 1. The van der Waals surface area contributed by atoms with Gasteiger partial charge in [0.1, 0.15) is 10.8 Å². The number of rotatable bonds is 7. The van der Waals surface area contributed by atoms with Crippen LogP contribution < -0.4 is 10.1 Å². The summed E-state index contributed by atoms with van der Waals surface area (Å²) in [6, 6.07) is 9.02. The van der Waals surface area contributed by atoms with Crippen LogP contribution in [0.1, 0.15) is 30.6 Å². The van der Waals surface area contributed by atoms with Crippen molar-refractivity contribution >= 4 is 23.3 Å². The first kappa shape index (κ1) is 16.8. The van der Waals surface area contributed by atoms with E-state index >= 15 is 0 Å². The van der Waals surface area contributed by atoms with E-state index in [0.717, 1.165) is 6.42 Å². The zero-order chi connectivity index (χ0) is 16.7. The number of hydrogen-bond donors (Lipinski definition) is 1. The molecule has 7 heteroatoms. The Morgan fingerprint density at radius 1 is 1.48 bits per heavy atom. The average Bonchev–Trinajstić information content (AvgIpc) is 2.87. The Balaban J connectivity index is 1.66. The van der Waals surface area contributed by atoms with Crippen molar-refractivity contribution in [2.45, 2.75) is 26.2 Å². The van der Waals surface area contributed by atoms with Crippen molar-refractivity contribution in [3.05, 3.63) is 40.6 Å². The predicted octanol–water partition coefficient (Wildman–Crippen LogP) is 3.70. The molecule has 1 heterocycles. The van der Waals surface area contributed by atoms with Gasteiger partial charge in [-0.3, -0.25) is 4.79 Å². The van der Waals surface area contributed by atoms with Gasteiger partial charge in [-0.2, -0.15) is 5.26 Å². The number of nitriles is 1. The highest BCUT2D eigenvalue weighted by molar-refractivity contribution is 6.33. The van der Waals surface area contributed by atoms with Crippen LogP contribution in [-0.2, 0) is 4.79 Å². The molecule has 1 N–H and O–H groups in total. The van der Waals surface area contributed by atoms with E-state index in [2.05, 4.69) is 16.5 Å². The molecule has 0 atom stereocenters. The molecule has 0 aliphatic rings. The molecule has 6 nitrogen and oxygen atoms in total. The maximum atomic E-state index is 11.8. The zero-order valence-electron chi connectivity index (χ0n) is 12.6. The number of nitrogens with one attached hydrogen (secondary N) is 1. The fraction of sp³-hybridized carbons (Fsp3) is 0.312. The molecule has 0 saturated heterocycles. The summed E-state index contributed by atoms with van der Waals surface area (Å²) in [7, 11) is 0. The van der Waals surface area contributed by atoms with Crippen molar-refractivity contribution in [1.82, 2.24) is 5.16 Å². The first-order valence-corrected chi connectivity index (χ1v) is 7.52. The summed E-state index contributed by atoms with van der Waals surface area (Å²) in [5.74, 6) is 1.19. The minimum absolute atomic E-state index is 0.174. The lowest BCUT2D eigenvalue weighted by Crippen LogP contribution is -2.12. The Hall–Kier alpha value is -2.52. The van der Waals surface area contributed by atoms with Gasteiger partial charge in [-0.1, -0.05) is 22.8 Å². The van der Waals surface area contributed by atoms with Crippen LogP contribution in [-0.4, -0.2) is 17.7 Å². The van der Waals surface area contributed by atoms with E-state index in [1.165, 1.54) is 0 Å². The molecule has 120 valence electrons. The third kappa shape index (κ3) is 5.01. The second kappa shape index (κ2) is 8.20. The molecule has 0 fully saturated rings. The van der Waals surface area contributed by atoms with Gasteiger partial charge in [0.05, 0.1) is 18.2 Å². The second-order valence-corrected chi connectivity index (χ2v) is 5.27. The van der Waals surface area contributed by atoms with Crippen LogP contribution in [0.3, 0.4) is 0 Å². The van der Waals surface area contributed by atoms with Gasteiger partial charge in [-0.15, -0.1) is 0 Å². The van der Waals surface area contributed by atoms with Gasteiger partial charge in [0.2, 0.25) is 5.91 Å². The van der Waals surface area contributed by atoms with Crippen molar-refractivity contribution in [2.24, 2.45) is 0 Å². The summed E-state index contributed by atoms with van der Waals surface area (Å²) in [4.78, 5) is 11.8. The van der Waals surface area contributed by atoms with Crippen LogP contribution in [0.5, 0.6) is 5.75 Å². The molecule has 0 spiro atoms. The quantitative estimate of drug-likeness (QED) is 0.780. The number of unbranched alkanes of at least 4 members (excludes halogenated alkanes) is 1. The number of carbonyl (C=O) groups is 1. The van der Waals surface area contributed by atoms with Crippen molar-refractivity contribution in [2.75, 3.05) is 11.9 Å². The molecule has 0 unspecified atom stereocenters. The molecule has 0 bridgehead atoms. The fourth-order valence-electron chi connectivity index (χ4n) is 1.87. The predicted molar refractivity (Wildman–Crippen MR) is 85.4 cm³/mol. The Bertz CT molecular complexity index is 722. The van der Waals surface area contributed by atoms with Crippen molar-refractivity contribution in [3.63, 3.8) is 0 Å². The Kier molecular flexibility index (Phi) is 6.01. The van der Waals surface area contributed by atoms with Gasteiger partial charge in [-0.25, -0.2) is 0 Å². The van der Waals surface area contributed by atoms with E-state index in [-0.39, 0.29) is 11.7 Å². The largest absolute Gasteiger partial charge is 0.494 e. The number of aromatic nitrogens is 1. The summed E-state index contributed by atoms with van der Waals surface area (Å²) < 4.78 is 10.4. The highest BCUT2D eigenvalue weighted by atomic mass is 35.5. The zero-order valence-corrected chi connectivity index (χ0v) is 13.4. The molecule has 1 aromatic carbocycles. The lowest BCUT2D eigenvalue weighted by molar-refractivity contribution is -0.116. The fourth-order valence-corrected chi connectivity index (χ4v) is 1.98. The second-order valence-electron chi connectivity index (χ2n) is 4.89. The van der Waals surface area contributed by atoms with E-state index in [4.69, 9.17) is 26.1 Å². The smallest absolute Gasteiger partial charge is 0.225 e. The average molecular weight is 334 g/mol. The third-order valence-electron chi connectivity index (χ3n) is 3.08. The van der Waals surface area contributed by atoms with Gasteiger partial charge in [0, 0.05) is 6.42 Å². The summed E-state index contributed by atoms with van der Waals surface area (Å²) in [6.07, 6.45) is 1.72. The van der Waals surface area contributed by atoms with E-state index in [9.17, 15) is 4.79 Å². The van der Waals surface area contributed by atoms with Gasteiger partial charge >= 0.3 is 0 Å². The number of amides is 1. The molecule has 1 aromatic heterocycles. The van der Waals surface area contributed by atoms with Gasteiger partial charge in [-0.05, 0) is 38.0 Å². The summed E-state index contributed by atoms with van der Waals surface area (Å²) in [5.41, 5.74) is 0.557. The van der Waals surface area contributed by atoms with Gasteiger partial charge in [0.15, 0.2) is 11.6 Å². The Morgan fingerprint density at radius 3 is 3.00 bits per heavy atom. The first-order chi connectivity index (χ1) is 11.1. The molecule has 0 saturated carbocycles. The van der Waals surface area contributed by atoms with Crippen LogP contribution >= 0.6 is 11.6 Å². The summed E-state index contributed by atoms with van der Waals surface area (Å²) >= 11 is 5.92. The van der Waals surface area contributed by atoms with E-state index in [0.29, 0.717) is 41.5 Å². The minimum Gasteiger partial charge on any atom is -0.494 e. The molecule has 1 amide bonds. The van der Waals surface area contributed by atoms with E-state index < -0.39 is 0 Å². The van der Waals surface area contributed by atoms with Gasteiger partial charge in [0.25, 0.3) is 0 Å². The normalized spacial score (nSPS) is 10.1. The number of anilines is 1. The first-order valence-electron chi connectivity index (χ1n) is 7.14. The van der Waals surface area contributed by atoms with Crippen molar-refractivity contribution in [3.8, 4) is 11.8 Å². The van der Waals surface area contributed by atoms with Gasteiger partial charge < -0.3 is 14.6 Å². The number of halogens is 1. The molecular formula is C16H16ClN3O3. The van der Waals surface area contributed by atoms with E-state index in [1.54, 1.807) is 31.2 Å². The van der Waals surface area contributed by atoms with Crippen LogP contribution in [0.25, 0.3) is 0 Å². The number of hydrogen-bond acceptors (Lipinski definition) is 5. The maximum Gasteiger partial charge on any atom is 0.225 e. The van der Waals surface area contributed by atoms with Crippen LogP contribution in [0.2, 0.25) is 5.02 Å². The third-order valence-corrected chi connectivity index (χ3v) is 3.52. The SMILES string of the molecule is Cc1onc(NC(=O)CCCCOc2cccc(C#N)c2)c1Cl. The highest BCUT2D eigenvalue weighted by Gasteiger charge is 2.12. The van der Waals surface area contributed by atoms with Crippen molar-refractivity contribution < 1.29 is 14.1 Å². The van der Waals surface area contributed by atoms with Crippen LogP contribution in [0, 0.1) is 18.3 Å². The topological polar surface area (TPSA) is 88.2 Å². The number of carbonyl (C=O) groups excluding carboxylic acids is 1. The molecule has 0 aliphatic carbocycles. The summed E-state index contributed by atoms with van der Waals surface area (Å²) in [5, 5.41) is 15.4. The lowest BCUT2D eigenvalue weighted by Gasteiger charge is -2.06. The maximum absolute atomic E-state index is 11.8. The number of nitrogens with zero attached hydrogens (tertiary/aromatic N) is 2. The Morgan fingerprint density at radius 2 is 2.30 bits per heavy atom. The minimum atomic E-state index is -0.174. The molecule has 23 heavy (non-hydrogen) atoms. The van der Waals surface area contributed by atoms with Crippen LogP contribution in [0.4, 0.5) is 5.82 Å². The summed E-state index contributed by atoms with van der Waals surface area (Å²) in [6.45, 7) is 2.15. The number of ether oxygens (including phenoxy) is 1. The number of aryl methyl sites for hydroxylation is 1. The van der Waals surface area contributed by atoms with Crippen LogP contribution in [0.15, 0.2) is 28.8 Å². The Labute approximate surface area is 139 Å². The molecule has 2 aromatic rings. The standard InChI is InChI=1S/C16H16ClN3O3/c1-11-15(17)16(20-23-11)19-14(21)7-2-3-8-22-13-6-4-5-12(9-13)10-18/h4-6,9H,2-3,7-8H2,1H3,(H,19,20,21). The molecule has 2 rings (SSSR count). The van der Waals surface area contributed by atoms with E-state index in [1.807, 2.05) is 0 Å². The highest BCUT2D eigenvalue weighted by Crippen LogP contribution is 2.24. The van der Waals surface area contributed by atoms with Crippen molar-refractivity contribution in [1.29, 1.82) is 5.26 Å². The molecule has 0 radical (unpaired) electrons.